The lowest BCUT2D eigenvalue weighted by atomic mass is 9.98. The fourth-order valence-electron chi connectivity index (χ4n) is 2.84. The Morgan fingerprint density at radius 1 is 0.968 bits per heavy atom. The summed E-state index contributed by atoms with van der Waals surface area (Å²) < 4.78 is 10.3. The van der Waals surface area contributed by atoms with Crippen LogP contribution in [0.3, 0.4) is 0 Å². The van der Waals surface area contributed by atoms with E-state index in [-0.39, 0.29) is 11.5 Å². The molecule has 0 aliphatic rings. The number of carbonyl (C=O) groups excluding carboxylic acids is 3. The number of anilines is 2. The average molecular weight is 427 g/mol. The number of rotatable bonds is 6. The Kier molecular flexibility index (Phi) is 7.80. The monoisotopic (exact) mass is 426 g/mol. The van der Waals surface area contributed by atoms with Crippen LogP contribution >= 0.6 is 0 Å². The molecule has 0 aliphatic carbocycles. The first-order chi connectivity index (χ1) is 14.5. The van der Waals surface area contributed by atoms with Crippen LogP contribution in [0.25, 0.3) is 0 Å². The van der Waals surface area contributed by atoms with Gasteiger partial charge in [0.05, 0.1) is 5.56 Å². The van der Waals surface area contributed by atoms with Crippen molar-refractivity contribution < 1.29 is 23.9 Å². The van der Waals surface area contributed by atoms with Gasteiger partial charge < -0.3 is 14.8 Å². The Bertz CT molecular complexity index is 943. The molecule has 31 heavy (non-hydrogen) atoms. The van der Waals surface area contributed by atoms with Crippen molar-refractivity contribution in [1.29, 1.82) is 0 Å². The van der Waals surface area contributed by atoms with E-state index >= 15 is 0 Å². The van der Waals surface area contributed by atoms with Crippen molar-refractivity contribution in [3.63, 3.8) is 0 Å². The first-order valence-corrected chi connectivity index (χ1v) is 10.1. The molecule has 2 rings (SSSR count). The number of aryl methyl sites for hydroxylation is 1. The first kappa shape index (κ1) is 23.9. The number of esters is 1. The van der Waals surface area contributed by atoms with Crippen molar-refractivity contribution >= 4 is 29.3 Å². The summed E-state index contributed by atoms with van der Waals surface area (Å²) in [5, 5.41) is 5.42. The molecule has 2 aromatic carbocycles. The second kappa shape index (κ2) is 10.1. The van der Waals surface area contributed by atoms with Crippen molar-refractivity contribution in [1.82, 2.24) is 0 Å². The number of ether oxygens (including phenoxy) is 2. The molecule has 2 amide bonds. The molecule has 0 saturated carbocycles. The maximum absolute atomic E-state index is 12.3. The minimum Gasteiger partial charge on any atom is -0.452 e. The van der Waals surface area contributed by atoms with E-state index < -0.39 is 30.2 Å². The van der Waals surface area contributed by atoms with Crippen LogP contribution in [0.1, 0.15) is 62.0 Å². The van der Waals surface area contributed by atoms with Gasteiger partial charge in [0.2, 0.25) is 0 Å². The van der Waals surface area contributed by atoms with E-state index in [1.807, 2.05) is 39.0 Å². The van der Waals surface area contributed by atoms with E-state index in [0.717, 1.165) is 16.8 Å². The van der Waals surface area contributed by atoms with Crippen molar-refractivity contribution in [2.24, 2.45) is 0 Å². The second-order valence-electron chi connectivity index (χ2n) is 8.52. The van der Waals surface area contributed by atoms with Crippen LogP contribution in [0.2, 0.25) is 0 Å². The number of carbonyl (C=O) groups is 3. The average Bonchev–Trinajstić information content (AvgIpc) is 2.66. The number of para-hydroxylation sites is 1. The summed E-state index contributed by atoms with van der Waals surface area (Å²) in [7, 11) is 0. The highest BCUT2D eigenvalue weighted by Gasteiger charge is 2.17. The summed E-state index contributed by atoms with van der Waals surface area (Å²) >= 11 is 0. The zero-order valence-electron chi connectivity index (χ0n) is 18.9. The number of nitrogens with one attached hydrogen (secondary N) is 2. The zero-order chi connectivity index (χ0) is 23.2. The lowest BCUT2D eigenvalue weighted by Crippen LogP contribution is -2.27. The largest absolute Gasteiger partial charge is 0.452 e. The van der Waals surface area contributed by atoms with Crippen LogP contribution in [0.15, 0.2) is 42.5 Å². The van der Waals surface area contributed by atoms with Crippen molar-refractivity contribution in [3.8, 4) is 0 Å². The Hall–Kier alpha value is -3.35. The molecule has 0 radical (unpaired) electrons. The van der Waals surface area contributed by atoms with Gasteiger partial charge in [-0.05, 0) is 69.0 Å². The summed E-state index contributed by atoms with van der Waals surface area (Å²) in [6.07, 6.45) is -0.587. The van der Waals surface area contributed by atoms with Crippen molar-refractivity contribution in [2.75, 3.05) is 17.2 Å². The number of hydrogen-bond acceptors (Lipinski definition) is 5. The van der Waals surface area contributed by atoms with E-state index in [9.17, 15) is 14.4 Å². The first-order valence-electron chi connectivity index (χ1n) is 10.1. The molecule has 0 bridgehead atoms. The van der Waals surface area contributed by atoms with Crippen molar-refractivity contribution in [3.05, 3.63) is 59.2 Å². The highest BCUT2D eigenvalue weighted by molar-refractivity contribution is 5.96. The SMILES string of the molecule is Cc1cccc(C(C)C)c1NC(=O)COC(=O)c1ccc(NC(=O)OC(C)(C)C)cc1. The molecule has 0 aliphatic heterocycles. The summed E-state index contributed by atoms with van der Waals surface area (Å²) in [5.41, 5.74) is 2.84. The molecule has 0 spiro atoms. The smallest absolute Gasteiger partial charge is 0.412 e. The molecule has 166 valence electrons. The lowest BCUT2D eigenvalue weighted by molar-refractivity contribution is -0.119. The molecule has 2 aromatic rings. The molecule has 2 N–H and O–H groups in total. The Balaban J connectivity index is 1.92. The summed E-state index contributed by atoms with van der Waals surface area (Å²) in [6, 6.07) is 12.0. The number of amides is 2. The van der Waals surface area contributed by atoms with Gasteiger partial charge in [0, 0.05) is 11.4 Å². The molecule has 7 heteroatoms. The lowest BCUT2D eigenvalue weighted by Gasteiger charge is -2.19. The number of benzene rings is 2. The van der Waals surface area contributed by atoms with Crippen LogP contribution < -0.4 is 10.6 Å². The molecule has 0 aromatic heterocycles. The molecular formula is C24H30N2O5. The van der Waals surface area contributed by atoms with Crippen LogP contribution in [-0.2, 0) is 14.3 Å². The predicted molar refractivity (Wildman–Crippen MR) is 120 cm³/mol. The minimum absolute atomic E-state index is 0.241. The molecule has 0 heterocycles. The third-order valence-electron chi connectivity index (χ3n) is 4.29. The van der Waals surface area contributed by atoms with Gasteiger partial charge in [-0.15, -0.1) is 0 Å². The Labute approximate surface area is 183 Å². The van der Waals surface area contributed by atoms with Gasteiger partial charge in [-0.3, -0.25) is 10.1 Å². The minimum atomic E-state index is -0.632. The van der Waals surface area contributed by atoms with Crippen LogP contribution in [0, 0.1) is 6.92 Å². The molecule has 0 atom stereocenters. The van der Waals surface area contributed by atoms with Crippen LogP contribution in [0.4, 0.5) is 16.2 Å². The maximum Gasteiger partial charge on any atom is 0.412 e. The maximum atomic E-state index is 12.3. The topological polar surface area (TPSA) is 93.7 Å². The third kappa shape index (κ3) is 7.44. The quantitative estimate of drug-likeness (QED) is 0.615. The Morgan fingerprint density at radius 3 is 2.19 bits per heavy atom. The summed E-state index contributed by atoms with van der Waals surface area (Å²) in [5.74, 6) is -0.800. The van der Waals surface area contributed by atoms with Gasteiger partial charge >= 0.3 is 12.1 Å². The second-order valence-corrected chi connectivity index (χ2v) is 8.52. The van der Waals surface area contributed by atoms with Gasteiger partial charge in [0.15, 0.2) is 6.61 Å². The van der Waals surface area contributed by atoms with Gasteiger partial charge in [-0.25, -0.2) is 9.59 Å². The van der Waals surface area contributed by atoms with Crippen molar-refractivity contribution in [2.45, 2.75) is 53.1 Å². The van der Waals surface area contributed by atoms with Gasteiger partial charge in [0.1, 0.15) is 5.60 Å². The number of hydrogen-bond donors (Lipinski definition) is 2. The van der Waals surface area contributed by atoms with E-state index in [4.69, 9.17) is 9.47 Å². The molecule has 0 unspecified atom stereocenters. The molecule has 0 fully saturated rings. The summed E-state index contributed by atoms with van der Waals surface area (Å²) in [4.78, 5) is 36.4. The normalized spacial score (nSPS) is 11.1. The van der Waals surface area contributed by atoms with Gasteiger partial charge in [-0.1, -0.05) is 32.0 Å². The van der Waals surface area contributed by atoms with E-state index in [1.54, 1.807) is 32.9 Å². The van der Waals surface area contributed by atoms with E-state index in [1.165, 1.54) is 12.1 Å². The van der Waals surface area contributed by atoms with Gasteiger partial charge in [-0.2, -0.15) is 0 Å². The standard InChI is InChI=1S/C24H30N2O5/c1-15(2)19-9-7-8-16(3)21(19)26-20(27)14-30-22(28)17-10-12-18(13-11-17)25-23(29)31-24(4,5)6/h7-13,15H,14H2,1-6H3,(H,25,29)(H,26,27). The highest BCUT2D eigenvalue weighted by Crippen LogP contribution is 2.27. The third-order valence-corrected chi connectivity index (χ3v) is 4.29. The summed E-state index contributed by atoms with van der Waals surface area (Å²) in [6.45, 7) is 10.9. The van der Waals surface area contributed by atoms with E-state index in [0.29, 0.717) is 5.69 Å². The fraction of sp³-hybridized carbons (Fsp3) is 0.375. The molecule has 7 nitrogen and oxygen atoms in total. The van der Waals surface area contributed by atoms with Crippen LogP contribution in [0.5, 0.6) is 0 Å². The molecular weight excluding hydrogens is 396 g/mol. The van der Waals surface area contributed by atoms with E-state index in [2.05, 4.69) is 10.6 Å². The predicted octanol–water partition coefficient (Wildman–Crippen LogP) is 5.26. The molecule has 0 saturated heterocycles. The fourth-order valence-corrected chi connectivity index (χ4v) is 2.84. The van der Waals surface area contributed by atoms with Gasteiger partial charge in [0.25, 0.3) is 5.91 Å². The Morgan fingerprint density at radius 2 is 1.61 bits per heavy atom. The highest BCUT2D eigenvalue weighted by atomic mass is 16.6. The van der Waals surface area contributed by atoms with Crippen LogP contribution in [-0.4, -0.2) is 30.2 Å². The zero-order valence-corrected chi connectivity index (χ0v) is 18.9.